The van der Waals surface area contributed by atoms with Gasteiger partial charge in [0.05, 0.1) is 7.11 Å². The van der Waals surface area contributed by atoms with Crippen LogP contribution in [0, 0.1) is 5.41 Å². The van der Waals surface area contributed by atoms with Crippen LogP contribution in [-0.2, 0) is 13.2 Å². The van der Waals surface area contributed by atoms with Crippen LogP contribution in [0.25, 0.3) is 0 Å². The van der Waals surface area contributed by atoms with Gasteiger partial charge in [-0.1, -0.05) is 48.5 Å². The second kappa shape index (κ2) is 10.2. The van der Waals surface area contributed by atoms with Crippen LogP contribution in [0.2, 0.25) is 0 Å². The zero-order chi connectivity index (χ0) is 22.2. The zero-order valence-electron chi connectivity index (χ0n) is 17.6. The van der Waals surface area contributed by atoms with Gasteiger partial charge in [0, 0.05) is 36.4 Å². The molecule has 0 aliphatic heterocycles. The molecule has 3 rings (SSSR count). The molecule has 3 aromatic rings. The maximum Gasteiger partial charge on any atom is 0.127 e. The maximum atomic E-state index is 7.46. The molecule has 0 bridgehead atoms. The van der Waals surface area contributed by atoms with Crippen LogP contribution in [0.1, 0.15) is 22.3 Å². The molecule has 0 saturated heterocycles. The lowest BCUT2D eigenvalue weighted by Gasteiger charge is -2.12. The Labute approximate surface area is 181 Å². The van der Waals surface area contributed by atoms with E-state index in [1.54, 1.807) is 32.4 Å². The molecule has 160 valence electrons. The topological polar surface area (TPSA) is 116 Å². The first kappa shape index (κ1) is 21.7. The Kier molecular flexibility index (Phi) is 7.11. The summed E-state index contributed by atoms with van der Waals surface area (Å²) >= 11 is 0. The fourth-order valence-corrected chi connectivity index (χ4v) is 2.84. The summed E-state index contributed by atoms with van der Waals surface area (Å²) in [7, 11) is 3.26. The molecule has 0 heterocycles. The number of nitrogens with two attached hydrogens (primary N) is 2. The molecule has 0 radical (unpaired) electrons. The smallest absolute Gasteiger partial charge is 0.127 e. The monoisotopic (exact) mass is 418 g/mol. The highest BCUT2D eigenvalue weighted by molar-refractivity contribution is 5.97. The number of hydrogen-bond acceptors (Lipinski definition) is 5. The Bertz CT molecular complexity index is 1060. The molecule has 0 aliphatic rings. The summed E-state index contributed by atoms with van der Waals surface area (Å²) in [4.78, 5) is 3.98. The Balaban J connectivity index is 1.65. The lowest BCUT2D eigenvalue weighted by Crippen LogP contribution is -2.12. The van der Waals surface area contributed by atoms with E-state index in [0.717, 1.165) is 16.7 Å². The van der Waals surface area contributed by atoms with Crippen molar-refractivity contribution >= 4 is 11.7 Å². The number of nitrogen functional groups attached to an aromatic ring is 1. The minimum Gasteiger partial charge on any atom is -0.496 e. The lowest BCUT2D eigenvalue weighted by molar-refractivity contribution is 0.286. The fraction of sp³-hybridized carbons (Fsp3) is 0.167. The van der Waals surface area contributed by atoms with Crippen LogP contribution in [0.3, 0.4) is 0 Å². The minimum absolute atomic E-state index is 0.0404. The van der Waals surface area contributed by atoms with Crippen LogP contribution in [0.5, 0.6) is 17.2 Å². The summed E-state index contributed by atoms with van der Waals surface area (Å²) in [5, 5.41) is 7.46. The summed E-state index contributed by atoms with van der Waals surface area (Å²) in [5.41, 5.74) is 14.8. The minimum atomic E-state index is 0.0404. The number of amidine groups is 2. The molecule has 7 nitrogen and oxygen atoms in total. The van der Waals surface area contributed by atoms with E-state index in [1.807, 2.05) is 48.5 Å². The Morgan fingerprint density at radius 3 is 1.65 bits per heavy atom. The van der Waals surface area contributed by atoms with Gasteiger partial charge in [0.25, 0.3) is 0 Å². The third-order valence-electron chi connectivity index (χ3n) is 4.66. The second-order valence-electron chi connectivity index (χ2n) is 6.84. The van der Waals surface area contributed by atoms with E-state index in [1.165, 1.54) is 0 Å². The van der Waals surface area contributed by atoms with E-state index in [2.05, 4.69) is 4.99 Å². The van der Waals surface area contributed by atoms with Crippen LogP contribution < -0.4 is 25.7 Å². The van der Waals surface area contributed by atoms with Gasteiger partial charge in [-0.2, -0.15) is 0 Å². The molecule has 0 amide bonds. The molecule has 0 saturated carbocycles. The number of aliphatic imine (C=N–C) groups is 1. The first-order chi connectivity index (χ1) is 15.0. The van der Waals surface area contributed by atoms with Crippen LogP contribution in [0.4, 0.5) is 0 Å². The first-order valence-corrected chi connectivity index (χ1v) is 9.68. The van der Waals surface area contributed by atoms with Crippen molar-refractivity contribution in [1.29, 1.82) is 5.41 Å². The van der Waals surface area contributed by atoms with Gasteiger partial charge in [0.1, 0.15) is 42.1 Å². The average molecular weight is 418 g/mol. The number of hydrogen-bond donors (Lipinski definition) is 3. The van der Waals surface area contributed by atoms with E-state index in [-0.39, 0.29) is 5.84 Å². The molecule has 0 atom stereocenters. The quantitative estimate of drug-likeness (QED) is 0.363. The van der Waals surface area contributed by atoms with Gasteiger partial charge in [0.2, 0.25) is 0 Å². The Morgan fingerprint density at radius 2 is 1.23 bits per heavy atom. The van der Waals surface area contributed by atoms with E-state index < -0.39 is 0 Å². The van der Waals surface area contributed by atoms with Gasteiger partial charge in [-0.15, -0.1) is 0 Å². The molecule has 0 fully saturated rings. The van der Waals surface area contributed by atoms with Gasteiger partial charge < -0.3 is 25.7 Å². The van der Waals surface area contributed by atoms with Crippen molar-refractivity contribution in [2.24, 2.45) is 16.5 Å². The number of ether oxygens (including phenoxy) is 3. The standard InChI is InChI=1S/C24H26N4O3/c1-28-24(27)19-9-5-17(6-10-19)15-31-22-12-20(29-2)11-21(13-22)30-14-16-3-7-18(8-4-16)23(25)26/h3-13H,14-15H2,1-2H3,(H3,25,26)(H2,27,28). The molecule has 0 aromatic heterocycles. The molecular weight excluding hydrogens is 392 g/mol. The van der Waals surface area contributed by atoms with Gasteiger partial charge in [-0.3, -0.25) is 10.4 Å². The molecule has 0 unspecified atom stereocenters. The van der Waals surface area contributed by atoms with E-state index in [4.69, 9.17) is 31.1 Å². The summed E-state index contributed by atoms with van der Waals surface area (Å²) in [6, 6.07) is 20.5. The van der Waals surface area contributed by atoms with Crippen LogP contribution >= 0.6 is 0 Å². The van der Waals surface area contributed by atoms with Gasteiger partial charge in [-0.25, -0.2) is 0 Å². The molecule has 0 spiro atoms. The molecule has 31 heavy (non-hydrogen) atoms. The average Bonchev–Trinajstić information content (AvgIpc) is 2.81. The van der Waals surface area contributed by atoms with E-state index >= 15 is 0 Å². The summed E-state index contributed by atoms with van der Waals surface area (Å²) in [6.45, 7) is 0.759. The Hall–Kier alpha value is -4.00. The van der Waals surface area contributed by atoms with Crippen molar-refractivity contribution < 1.29 is 14.2 Å². The highest BCUT2D eigenvalue weighted by Gasteiger charge is 2.06. The second-order valence-corrected chi connectivity index (χ2v) is 6.84. The number of rotatable bonds is 9. The summed E-state index contributed by atoms with van der Waals surface area (Å²) in [5.74, 6) is 2.45. The predicted molar refractivity (Wildman–Crippen MR) is 122 cm³/mol. The third kappa shape index (κ3) is 5.99. The fourth-order valence-electron chi connectivity index (χ4n) is 2.84. The number of methoxy groups -OCH3 is 1. The Morgan fingerprint density at radius 1 is 0.774 bits per heavy atom. The first-order valence-electron chi connectivity index (χ1n) is 9.68. The van der Waals surface area contributed by atoms with E-state index in [9.17, 15) is 0 Å². The van der Waals surface area contributed by atoms with Gasteiger partial charge in [0.15, 0.2) is 0 Å². The highest BCUT2D eigenvalue weighted by atomic mass is 16.5. The normalized spacial score (nSPS) is 11.1. The van der Waals surface area contributed by atoms with Crippen LogP contribution in [-0.4, -0.2) is 25.8 Å². The third-order valence-corrected chi connectivity index (χ3v) is 4.66. The molecule has 7 heteroatoms. The molecule has 3 aromatic carbocycles. The highest BCUT2D eigenvalue weighted by Crippen LogP contribution is 2.29. The van der Waals surface area contributed by atoms with Crippen LogP contribution in [0.15, 0.2) is 71.7 Å². The van der Waals surface area contributed by atoms with E-state index in [0.29, 0.717) is 41.9 Å². The van der Waals surface area contributed by atoms with Crippen molar-refractivity contribution in [2.75, 3.05) is 14.2 Å². The van der Waals surface area contributed by atoms with Crippen molar-refractivity contribution in [3.05, 3.63) is 89.0 Å². The number of nitrogens with zero attached hydrogens (tertiary/aromatic N) is 1. The zero-order valence-corrected chi connectivity index (χ0v) is 17.6. The molecule has 5 N–H and O–H groups in total. The number of benzene rings is 3. The summed E-state index contributed by atoms with van der Waals surface area (Å²) in [6.07, 6.45) is 0. The SMILES string of the molecule is CN=C(N)c1ccc(COc2cc(OC)cc(OCc3ccc(C(=N)N)cc3)c2)cc1. The van der Waals surface area contributed by atoms with Crippen molar-refractivity contribution in [2.45, 2.75) is 13.2 Å². The number of nitrogens with one attached hydrogen (secondary N) is 1. The van der Waals surface area contributed by atoms with Gasteiger partial charge in [-0.05, 0) is 11.1 Å². The van der Waals surface area contributed by atoms with Crippen molar-refractivity contribution in [1.82, 2.24) is 0 Å². The lowest BCUT2D eigenvalue weighted by atomic mass is 10.1. The van der Waals surface area contributed by atoms with Gasteiger partial charge >= 0.3 is 0 Å². The summed E-state index contributed by atoms with van der Waals surface area (Å²) < 4.78 is 17.2. The maximum absolute atomic E-state index is 7.46. The van der Waals surface area contributed by atoms with Crippen molar-refractivity contribution in [3.63, 3.8) is 0 Å². The largest absolute Gasteiger partial charge is 0.496 e. The molecule has 0 aliphatic carbocycles. The molecular formula is C24H26N4O3. The van der Waals surface area contributed by atoms with Crippen molar-refractivity contribution in [3.8, 4) is 17.2 Å². The predicted octanol–water partition coefficient (Wildman–Crippen LogP) is 3.47.